The highest BCUT2D eigenvalue weighted by molar-refractivity contribution is 6.15. The van der Waals surface area contributed by atoms with E-state index >= 15 is 0 Å². The average molecular weight is 385 g/mol. The Labute approximate surface area is 163 Å². The smallest absolute Gasteiger partial charge is 0.290 e. The van der Waals surface area contributed by atoms with Crippen molar-refractivity contribution in [2.75, 3.05) is 34.3 Å². The number of aliphatic hydroxyl groups is 1. The number of quaternary nitrogens is 1. The van der Waals surface area contributed by atoms with Crippen LogP contribution in [0.25, 0.3) is 0 Å². The van der Waals surface area contributed by atoms with Crippen LogP contribution in [0.5, 0.6) is 5.75 Å². The number of methoxy groups -OCH3 is 1. The van der Waals surface area contributed by atoms with Crippen LogP contribution < -0.4 is 9.64 Å². The Morgan fingerprint density at radius 2 is 2.04 bits per heavy atom. The van der Waals surface area contributed by atoms with Gasteiger partial charge in [0.2, 0.25) is 5.78 Å². The molecule has 3 rings (SSSR count). The molecule has 2 aromatic rings. The topological polar surface area (TPSA) is 84.4 Å². The maximum absolute atomic E-state index is 13.1. The number of hydrogen-bond acceptors (Lipinski definition) is 5. The summed E-state index contributed by atoms with van der Waals surface area (Å²) < 4.78 is 10.7. The number of benzene rings is 1. The molecule has 148 valence electrons. The quantitative estimate of drug-likeness (QED) is 0.703. The highest BCUT2D eigenvalue weighted by atomic mass is 16.5. The van der Waals surface area contributed by atoms with Crippen molar-refractivity contribution in [1.29, 1.82) is 0 Å². The number of furan rings is 1. The molecule has 1 aromatic heterocycles. The van der Waals surface area contributed by atoms with Gasteiger partial charge in [-0.3, -0.25) is 9.59 Å². The average Bonchev–Trinajstić information content (AvgIpc) is 3.21. The van der Waals surface area contributed by atoms with Gasteiger partial charge in [-0.05, 0) is 36.8 Å². The highest BCUT2D eigenvalue weighted by Crippen LogP contribution is 2.39. The van der Waals surface area contributed by atoms with Gasteiger partial charge in [0.25, 0.3) is 5.91 Å². The van der Waals surface area contributed by atoms with Crippen LogP contribution in [0.1, 0.15) is 27.9 Å². The molecule has 0 saturated heterocycles. The number of aliphatic hydroxyl groups excluding tert-OH is 1. The van der Waals surface area contributed by atoms with Crippen LogP contribution in [0.3, 0.4) is 0 Å². The lowest BCUT2D eigenvalue weighted by atomic mass is 9.95. The molecular formula is C21H25N2O5+. The van der Waals surface area contributed by atoms with Crippen molar-refractivity contribution in [3.8, 4) is 5.75 Å². The van der Waals surface area contributed by atoms with Crippen LogP contribution in [-0.4, -0.2) is 56.0 Å². The first-order chi connectivity index (χ1) is 13.3. The van der Waals surface area contributed by atoms with Crippen molar-refractivity contribution >= 4 is 11.7 Å². The van der Waals surface area contributed by atoms with E-state index in [0.29, 0.717) is 30.2 Å². The van der Waals surface area contributed by atoms with Crippen molar-refractivity contribution in [3.63, 3.8) is 0 Å². The number of carbonyl (C=O) groups is 2. The zero-order chi connectivity index (χ0) is 20.4. The number of Topliss-reactive ketones (excluding diaryl/α,β-unsaturated/α-hetero) is 1. The SMILES string of the molecule is COc1cccc([C@@H]2C(C(=O)c3ccc(C)o3)=C(O)C(=O)N2CC[NH+](C)C)c1. The molecule has 0 saturated carbocycles. The van der Waals surface area contributed by atoms with Gasteiger partial charge in [0.15, 0.2) is 11.5 Å². The van der Waals surface area contributed by atoms with Crippen LogP contribution in [0.2, 0.25) is 0 Å². The van der Waals surface area contributed by atoms with Crippen LogP contribution in [0.4, 0.5) is 0 Å². The summed E-state index contributed by atoms with van der Waals surface area (Å²) in [4.78, 5) is 28.6. The van der Waals surface area contributed by atoms with Gasteiger partial charge in [0.05, 0.1) is 45.9 Å². The lowest BCUT2D eigenvalue weighted by Crippen LogP contribution is -3.06. The Balaban J connectivity index is 2.07. The predicted molar refractivity (Wildman–Crippen MR) is 103 cm³/mol. The number of amides is 1. The molecule has 0 unspecified atom stereocenters. The van der Waals surface area contributed by atoms with Crippen LogP contribution >= 0.6 is 0 Å². The Hall–Kier alpha value is -3.06. The monoisotopic (exact) mass is 385 g/mol. The van der Waals surface area contributed by atoms with Gasteiger partial charge in [0, 0.05) is 0 Å². The number of aryl methyl sites for hydroxylation is 1. The molecule has 1 atom stereocenters. The van der Waals surface area contributed by atoms with Crippen molar-refractivity contribution in [2.45, 2.75) is 13.0 Å². The number of nitrogens with zero attached hydrogens (tertiary/aromatic N) is 1. The normalized spacial score (nSPS) is 17.0. The maximum Gasteiger partial charge on any atom is 0.290 e. The fraction of sp³-hybridized carbons (Fsp3) is 0.333. The molecule has 2 N–H and O–H groups in total. The van der Waals surface area contributed by atoms with Gasteiger partial charge in [-0.25, -0.2) is 0 Å². The molecule has 0 bridgehead atoms. The van der Waals surface area contributed by atoms with Crippen LogP contribution in [0.15, 0.2) is 52.1 Å². The van der Waals surface area contributed by atoms with E-state index in [-0.39, 0.29) is 11.3 Å². The van der Waals surface area contributed by atoms with E-state index < -0.39 is 23.5 Å². The molecule has 0 aliphatic carbocycles. The van der Waals surface area contributed by atoms with E-state index in [4.69, 9.17) is 9.15 Å². The summed E-state index contributed by atoms with van der Waals surface area (Å²) >= 11 is 0. The van der Waals surface area contributed by atoms with Gasteiger partial charge in [0.1, 0.15) is 11.5 Å². The number of nitrogens with one attached hydrogen (secondary N) is 1. The summed E-state index contributed by atoms with van der Waals surface area (Å²) in [5, 5.41) is 10.6. The summed E-state index contributed by atoms with van der Waals surface area (Å²) in [6, 6.07) is 9.69. The minimum Gasteiger partial charge on any atom is -0.503 e. The number of likely N-dealkylation sites (N-methyl/N-ethyl adjacent to an activating group) is 1. The van der Waals surface area contributed by atoms with Gasteiger partial charge in [-0.15, -0.1) is 0 Å². The Bertz CT molecular complexity index is 928. The zero-order valence-corrected chi connectivity index (χ0v) is 16.5. The summed E-state index contributed by atoms with van der Waals surface area (Å²) in [6.07, 6.45) is 0. The summed E-state index contributed by atoms with van der Waals surface area (Å²) in [5.41, 5.74) is 0.721. The molecule has 0 radical (unpaired) electrons. The van der Waals surface area contributed by atoms with Gasteiger partial charge < -0.3 is 24.1 Å². The fourth-order valence-electron chi connectivity index (χ4n) is 3.31. The van der Waals surface area contributed by atoms with Crippen molar-refractivity contribution in [1.82, 2.24) is 4.90 Å². The third kappa shape index (κ3) is 3.66. The lowest BCUT2D eigenvalue weighted by molar-refractivity contribution is -0.857. The number of rotatable bonds is 7. The number of ether oxygens (including phenoxy) is 1. The van der Waals surface area contributed by atoms with Crippen molar-refractivity contribution < 1.29 is 28.7 Å². The molecule has 1 aliphatic heterocycles. The van der Waals surface area contributed by atoms with Crippen molar-refractivity contribution in [2.24, 2.45) is 0 Å². The summed E-state index contributed by atoms with van der Waals surface area (Å²) in [7, 11) is 5.51. The molecule has 0 spiro atoms. The van der Waals surface area contributed by atoms with E-state index in [1.165, 1.54) is 4.90 Å². The second-order valence-corrected chi connectivity index (χ2v) is 7.14. The third-order valence-corrected chi connectivity index (χ3v) is 4.77. The minimum absolute atomic E-state index is 0.0290. The fourth-order valence-corrected chi connectivity index (χ4v) is 3.31. The van der Waals surface area contributed by atoms with E-state index in [1.54, 1.807) is 44.4 Å². The Morgan fingerprint density at radius 3 is 2.64 bits per heavy atom. The first-order valence-corrected chi connectivity index (χ1v) is 9.11. The number of carbonyl (C=O) groups excluding carboxylic acids is 2. The third-order valence-electron chi connectivity index (χ3n) is 4.77. The summed E-state index contributed by atoms with van der Waals surface area (Å²) in [5.74, 6) is -0.290. The van der Waals surface area contributed by atoms with Crippen LogP contribution in [-0.2, 0) is 4.79 Å². The second-order valence-electron chi connectivity index (χ2n) is 7.14. The molecule has 1 amide bonds. The highest BCUT2D eigenvalue weighted by Gasteiger charge is 2.44. The standard InChI is InChI=1S/C21H24N2O5/c1-13-8-9-16(28-13)19(24)17-18(14-6-5-7-15(12-14)27-4)23(11-10-22(2)3)21(26)20(17)25/h5-9,12,18,25H,10-11H2,1-4H3/p+1/t18-/m1/s1. The predicted octanol–water partition coefficient (Wildman–Crippen LogP) is 1.32. The molecule has 1 aliphatic rings. The van der Waals surface area contributed by atoms with E-state index in [1.807, 2.05) is 20.2 Å². The molecule has 7 heteroatoms. The summed E-state index contributed by atoms with van der Waals surface area (Å²) in [6.45, 7) is 2.79. The minimum atomic E-state index is -0.708. The molecule has 7 nitrogen and oxygen atoms in total. The largest absolute Gasteiger partial charge is 0.503 e. The first-order valence-electron chi connectivity index (χ1n) is 9.11. The van der Waals surface area contributed by atoms with Gasteiger partial charge in [-0.1, -0.05) is 12.1 Å². The number of hydrogen-bond donors (Lipinski definition) is 2. The zero-order valence-electron chi connectivity index (χ0n) is 16.5. The second kappa shape index (κ2) is 7.90. The Kier molecular flexibility index (Phi) is 5.56. The van der Waals surface area contributed by atoms with E-state index in [0.717, 1.165) is 4.90 Å². The van der Waals surface area contributed by atoms with E-state index in [9.17, 15) is 14.7 Å². The number of ketones is 1. The Morgan fingerprint density at radius 1 is 1.29 bits per heavy atom. The first kappa shape index (κ1) is 19.7. The molecule has 0 fully saturated rings. The maximum atomic E-state index is 13.1. The molecular weight excluding hydrogens is 360 g/mol. The van der Waals surface area contributed by atoms with Gasteiger partial charge >= 0.3 is 0 Å². The van der Waals surface area contributed by atoms with Crippen molar-refractivity contribution in [3.05, 3.63) is 64.8 Å². The lowest BCUT2D eigenvalue weighted by Gasteiger charge is -2.27. The molecule has 28 heavy (non-hydrogen) atoms. The molecule has 1 aromatic carbocycles. The van der Waals surface area contributed by atoms with Gasteiger partial charge in [-0.2, -0.15) is 0 Å². The van der Waals surface area contributed by atoms with E-state index in [2.05, 4.69) is 0 Å². The van der Waals surface area contributed by atoms with Crippen LogP contribution in [0, 0.1) is 6.92 Å². The molecule has 2 heterocycles.